The third-order valence-corrected chi connectivity index (χ3v) is 2.62. The molecule has 2 N–H and O–H groups in total. The van der Waals surface area contributed by atoms with Gasteiger partial charge in [0.1, 0.15) is 12.4 Å². The van der Waals surface area contributed by atoms with Crippen LogP contribution in [0.25, 0.3) is 0 Å². The fourth-order valence-corrected chi connectivity index (χ4v) is 1.64. The number of esters is 1. The molecule has 0 fully saturated rings. The zero-order chi connectivity index (χ0) is 13.7. The lowest BCUT2D eigenvalue weighted by Crippen LogP contribution is -2.13. The quantitative estimate of drug-likeness (QED) is 0.649. The van der Waals surface area contributed by atoms with Crippen LogP contribution in [0.15, 0.2) is 36.7 Å². The van der Waals surface area contributed by atoms with Gasteiger partial charge in [-0.15, -0.1) is 0 Å². The van der Waals surface area contributed by atoms with Crippen LogP contribution in [0.5, 0.6) is 5.75 Å². The Morgan fingerprint density at radius 1 is 1.42 bits per heavy atom. The van der Waals surface area contributed by atoms with Crippen molar-refractivity contribution >= 4 is 11.7 Å². The van der Waals surface area contributed by atoms with Crippen LogP contribution >= 0.6 is 0 Å². The van der Waals surface area contributed by atoms with Crippen LogP contribution in [-0.2, 0) is 11.3 Å². The van der Waals surface area contributed by atoms with Gasteiger partial charge in [-0.1, -0.05) is 6.07 Å². The van der Waals surface area contributed by atoms with Crippen molar-refractivity contribution in [2.45, 2.75) is 6.54 Å². The van der Waals surface area contributed by atoms with Gasteiger partial charge in [0, 0.05) is 12.4 Å². The molecule has 0 unspecified atom stereocenters. The Labute approximate surface area is 110 Å². The van der Waals surface area contributed by atoms with E-state index in [1.807, 2.05) is 6.07 Å². The van der Waals surface area contributed by atoms with E-state index in [9.17, 15) is 4.79 Å². The lowest BCUT2D eigenvalue weighted by molar-refractivity contribution is 0.0488. The molecule has 2 aromatic rings. The molecule has 6 heteroatoms. The van der Waals surface area contributed by atoms with Gasteiger partial charge in [0.25, 0.3) is 0 Å². The number of nitrogens with two attached hydrogens (primary N) is 1. The summed E-state index contributed by atoms with van der Waals surface area (Å²) in [5.41, 5.74) is 6.41. The van der Waals surface area contributed by atoms with Crippen molar-refractivity contribution in [3.05, 3.63) is 42.2 Å². The summed E-state index contributed by atoms with van der Waals surface area (Å²) in [6.45, 7) is 0.736. The number of carbonyl (C=O) groups excluding carboxylic acids is 1. The Kier molecular flexibility index (Phi) is 4.02. The van der Waals surface area contributed by atoms with Crippen molar-refractivity contribution in [3.8, 4) is 5.75 Å². The number of para-hydroxylation sites is 1. The van der Waals surface area contributed by atoms with Gasteiger partial charge in [0.05, 0.1) is 24.9 Å². The van der Waals surface area contributed by atoms with Crippen LogP contribution in [0.3, 0.4) is 0 Å². The normalized spacial score (nSPS) is 10.2. The summed E-state index contributed by atoms with van der Waals surface area (Å²) >= 11 is 0. The summed E-state index contributed by atoms with van der Waals surface area (Å²) in [4.78, 5) is 11.9. The van der Waals surface area contributed by atoms with Crippen LogP contribution in [0.4, 0.5) is 5.69 Å². The Hall–Kier alpha value is -2.50. The SMILES string of the molecule is COc1cccc(C(=O)OCCn2cccn2)c1N. The second-order valence-electron chi connectivity index (χ2n) is 3.83. The second-order valence-corrected chi connectivity index (χ2v) is 3.83. The number of carbonyl (C=O) groups is 1. The van der Waals surface area contributed by atoms with E-state index in [1.54, 1.807) is 35.3 Å². The Balaban J connectivity index is 1.96. The summed E-state index contributed by atoms with van der Waals surface area (Å²) in [5, 5.41) is 4.01. The third kappa shape index (κ3) is 3.04. The molecular formula is C13H15N3O3. The average molecular weight is 261 g/mol. The fourth-order valence-electron chi connectivity index (χ4n) is 1.64. The van der Waals surface area contributed by atoms with E-state index in [0.717, 1.165) is 0 Å². The summed E-state index contributed by atoms with van der Waals surface area (Å²) in [7, 11) is 1.50. The van der Waals surface area contributed by atoms with E-state index in [-0.39, 0.29) is 12.3 Å². The molecule has 6 nitrogen and oxygen atoms in total. The van der Waals surface area contributed by atoms with Crippen LogP contribution in [0, 0.1) is 0 Å². The number of hydrogen-bond donors (Lipinski definition) is 1. The number of rotatable bonds is 5. The largest absolute Gasteiger partial charge is 0.495 e. The molecule has 0 radical (unpaired) electrons. The first-order chi connectivity index (χ1) is 9.22. The van der Waals surface area contributed by atoms with Crippen LogP contribution in [0.1, 0.15) is 10.4 Å². The van der Waals surface area contributed by atoms with Crippen LogP contribution in [-0.4, -0.2) is 29.5 Å². The summed E-state index contributed by atoms with van der Waals surface area (Å²) in [6.07, 6.45) is 3.47. The summed E-state index contributed by atoms with van der Waals surface area (Å²) in [6, 6.07) is 6.80. The molecule has 19 heavy (non-hydrogen) atoms. The Morgan fingerprint density at radius 2 is 2.26 bits per heavy atom. The Morgan fingerprint density at radius 3 is 2.95 bits per heavy atom. The zero-order valence-corrected chi connectivity index (χ0v) is 10.6. The highest BCUT2D eigenvalue weighted by Gasteiger charge is 2.14. The van der Waals surface area contributed by atoms with Crippen LogP contribution < -0.4 is 10.5 Å². The van der Waals surface area contributed by atoms with Crippen molar-refractivity contribution in [1.82, 2.24) is 9.78 Å². The smallest absolute Gasteiger partial charge is 0.340 e. The zero-order valence-electron chi connectivity index (χ0n) is 10.6. The van der Waals surface area contributed by atoms with E-state index in [1.165, 1.54) is 7.11 Å². The number of benzene rings is 1. The Bertz CT molecular complexity index is 552. The van der Waals surface area contributed by atoms with Crippen molar-refractivity contribution in [1.29, 1.82) is 0 Å². The maximum atomic E-state index is 11.9. The van der Waals surface area contributed by atoms with Gasteiger partial charge in [-0.25, -0.2) is 4.79 Å². The average Bonchev–Trinajstić information content (AvgIpc) is 2.92. The minimum Gasteiger partial charge on any atom is -0.495 e. The van der Waals surface area contributed by atoms with Gasteiger partial charge < -0.3 is 15.2 Å². The van der Waals surface area contributed by atoms with Crippen molar-refractivity contribution in [2.24, 2.45) is 0 Å². The third-order valence-electron chi connectivity index (χ3n) is 2.62. The highest BCUT2D eigenvalue weighted by molar-refractivity contribution is 5.96. The molecule has 0 saturated heterocycles. The maximum absolute atomic E-state index is 11.9. The van der Waals surface area contributed by atoms with Crippen molar-refractivity contribution < 1.29 is 14.3 Å². The minimum absolute atomic E-state index is 0.233. The molecule has 0 spiro atoms. The van der Waals surface area contributed by atoms with E-state index in [4.69, 9.17) is 15.2 Å². The summed E-state index contributed by atoms with van der Waals surface area (Å²) < 4.78 is 11.9. The van der Waals surface area contributed by atoms with Crippen molar-refractivity contribution in [3.63, 3.8) is 0 Å². The molecule has 0 amide bonds. The molecule has 0 atom stereocenters. The predicted octanol–water partition coefficient (Wildman–Crippen LogP) is 1.33. The number of anilines is 1. The first-order valence-corrected chi connectivity index (χ1v) is 5.79. The van der Waals surface area contributed by atoms with Gasteiger partial charge in [-0.3, -0.25) is 4.68 Å². The van der Waals surface area contributed by atoms with E-state index < -0.39 is 5.97 Å². The molecule has 100 valence electrons. The van der Waals surface area contributed by atoms with Gasteiger partial charge in [0.2, 0.25) is 0 Å². The molecule has 0 aliphatic rings. The first-order valence-electron chi connectivity index (χ1n) is 5.79. The molecule has 1 aromatic carbocycles. The number of ether oxygens (including phenoxy) is 2. The lowest BCUT2D eigenvalue weighted by atomic mass is 10.1. The van der Waals surface area contributed by atoms with Crippen molar-refractivity contribution in [2.75, 3.05) is 19.5 Å². The number of hydrogen-bond acceptors (Lipinski definition) is 5. The highest BCUT2D eigenvalue weighted by atomic mass is 16.5. The molecule has 0 aliphatic carbocycles. The highest BCUT2D eigenvalue weighted by Crippen LogP contribution is 2.25. The van der Waals surface area contributed by atoms with Gasteiger partial charge in [-0.2, -0.15) is 5.10 Å². The second kappa shape index (κ2) is 5.90. The molecule has 1 heterocycles. The molecule has 1 aromatic heterocycles. The first kappa shape index (κ1) is 12.9. The summed E-state index contributed by atoms with van der Waals surface area (Å²) in [5.74, 6) is -0.00918. The van der Waals surface area contributed by atoms with E-state index >= 15 is 0 Å². The monoisotopic (exact) mass is 261 g/mol. The number of nitrogen functional groups attached to an aromatic ring is 1. The maximum Gasteiger partial charge on any atom is 0.340 e. The standard InChI is InChI=1S/C13H15N3O3/c1-18-11-5-2-4-10(12(11)14)13(17)19-9-8-16-7-3-6-15-16/h2-7H,8-9,14H2,1H3. The van der Waals surface area contributed by atoms with Gasteiger partial charge >= 0.3 is 5.97 Å². The number of methoxy groups -OCH3 is 1. The number of aromatic nitrogens is 2. The molecule has 2 rings (SSSR count). The molecule has 0 bridgehead atoms. The number of nitrogens with zero attached hydrogens (tertiary/aromatic N) is 2. The van der Waals surface area contributed by atoms with Gasteiger partial charge in [-0.05, 0) is 18.2 Å². The lowest BCUT2D eigenvalue weighted by Gasteiger charge is -2.09. The molecule has 0 saturated carbocycles. The van der Waals surface area contributed by atoms with Gasteiger partial charge in [0.15, 0.2) is 0 Å². The van der Waals surface area contributed by atoms with Crippen LogP contribution in [0.2, 0.25) is 0 Å². The topological polar surface area (TPSA) is 79.4 Å². The minimum atomic E-state index is -0.469. The van der Waals surface area contributed by atoms with E-state index in [0.29, 0.717) is 17.9 Å². The molecule has 0 aliphatic heterocycles. The predicted molar refractivity (Wildman–Crippen MR) is 69.9 cm³/mol. The van der Waals surface area contributed by atoms with E-state index in [2.05, 4.69) is 5.10 Å². The fraction of sp³-hybridized carbons (Fsp3) is 0.231. The molecular weight excluding hydrogens is 246 g/mol.